The third kappa shape index (κ3) is 3.29. The summed E-state index contributed by atoms with van der Waals surface area (Å²) in [6, 6.07) is 7.72. The molecule has 1 amide bonds. The van der Waals surface area contributed by atoms with Gasteiger partial charge in [-0.2, -0.15) is 5.10 Å². The van der Waals surface area contributed by atoms with Gasteiger partial charge in [0.15, 0.2) is 5.65 Å². The normalized spacial score (nSPS) is 11.3. The molecule has 142 valence electrons. The Bertz CT molecular complexity index is 1160. The second kappa shape index (κ2) is 7.16. The number of nitrogens with zero attached hydrogens (tertiary/aromatic N) is 4. The van der Waals surface area contributed by atoms with Crippen molar-refractivity contribution >= 4 is 34.0 Å². The summed E-state index contributed by atoms with van der Waals surface area (Å²) in [6.07, 6.45) is 5.02. The Balaban J connectivity index is 1.89. The fraction of sp³-hybridized carbons (Fsp3) is 0.238. The van der Waals surface area contributed by atoms with Gasteiger partial charge < -0.3 is 5.32 Å². The molecular weight excluding hydrogens is 370 g/mol. The summed E-state index contributed by atoms with van der Waals surface area (Å²) < 4.78 is 1.86. The first-order chi connectivity index (χ1) is 13.4. The van der Waals surface area contributed by atoms with Gasteiger partial charge in [0.1, 0.15) is 0 Å². The van der Waals surface area contributed by atoms with Gasteiger partial charge in [0.25, 0.3) is 5.91 Å². The lowest BCUT2D eigenvalue weighted by Gasteiger charge is -2.11. The average molecular weight is 392 g/mol. The predicted molar refractivity (Wildman–Crippen MR) is 113 cm³/mol. The molecule has 4 aromatic heterocycles. The number of aromatic nitrogens is 4. The first-order valence-electron chi connectivity index (χ1n) is 9.11. The fourth-order valence-electron chi connectivity index (χ4n) is 3.24. The van der Waals surface area contributed by atoms with Crippen LogP contribution in [0.15, 0.2) is 42.9 Å². The zero-order chi connectivity index (χ0) is 19.8. The van der Waals surface area contributed by atoms with Crippen LogP contribution in [0.3, 0.4) is 0 Å². The molecular formula is C21H21N5OS. The Morgan fingerprint density at radius 2 is 2.04 bits per heavy atom. The number of thiophene rings is 1. The molecule has 7 heteroatoms. The van der Waals surface area contributed by atoms with Crippen LogP contribution in [0, 0.1) is 13.8 Å². The van der Waals surface area contributed by atoms with Crippen LogP contribution < -0.4 is 5.32 Å². The van der Waals surface area contributed by atoms with Crippen molar-refractivity contribution in [1.82, 2.24) is 19.7 Å². The minimum absolute atomic E-state index is 0.139. The summed E-state index contributed by atoms with van der Waals surface area (Å²) in [5.74, 6) is -0.199. The van der Waals surface area contributed by atoms with Crippen LogP contribution >= 0.6 is 11.3 Å². The van der Waals surface area contributed by atoms with Crippen LogP contribution in [0.4, 0.5) is 5.69 Å². The molecule has 28 heavy (non-hydrogen) atoms. The second-order valence-corrected chi connectivity index (χ2v) is 8.46. The van der Waals surface area contributed by atoms with E-state index >= 15 is 0 Å². The van der Waals surface area contributed by atoms with Crippen molar-refractivity contribution in [2.45, 2.75) is 33.7 Å². The lowest BCUT2D eigenvalue weighted by atomic mass is 10.1. The molecule has 0 saturated carbocycles. The quantitative estimate of drug-likeness (QED) is 0.531. The lowest BCUT2D eigenvalue weighted by molar-refractivity contribution is 0.102. The highest BCUT2D eigenvalue weighted by Crippen LogP contribution is 2.32. The number of rotatable bonds is 4. The molecule has 0 atom stereocenters. The molecule has 6 nitrogen and oxygen atoms in total. The Morgan fingerprint density at radius 1 is 1.21 bits per heavy atom. The summed E-state index contributed by atoms with van der Waals surface area (Å²) in [7, 11) is 0. The van der Waals surface area contributed by atoms with E-state index in [1.807, 2.05) is 16.8 Å². The maximum Gasteiger partial charge on any atom is 0.256 e. The van der Waals surface area contributed by atoms with Crippen LogP contribution in [0.2, 0.25) is 0 Å². The Morgan fingerprint density at radius 3 is 2.68 bits per heavy atom. The molecule has 0 aromatic carbocycles. The summed E-state index contributed by atoms with van der Waals surface area (Å²) in [5, 5.41) is 8.13. The number of carbonyl (C=O) groups is 1. The van der Waals surface area contributed by atoms with Crippen LogP contribution in [0.5, 0.6) is 0 Å². The van der Waals surface area contributed by atoms with Gasteiger partial charge in [0.2, 0.25) is 0 Å². The number of carbonyl (C=O) groups excluding carboxylic acids is 1. The Kier molecular flexibility index (Phi) is 4.68. The van der Waals surface area contributed by atoms with E-state index in [-0.39, 0.29) is 11.9 Å². The molecule has 0 aliphatic rings. The van der Waals surface area contributed by atoms with Gasteiger partial charge in [-0.05, 0) is 52.0 Å². The van der Waals surface area contributed by atoms with Crippen molar-refractivity contribution in [3.05, 3.63) is 58.2 Å². The monoisotopic (exact) mass is 391 g/mol. The third-order valence-corrected chi connectivity index (χ3v) is 5.50. The first kappa shape index (κ1) is 18.3. The van der Waals surface area contributed by atoms with Gasteiger partial charge in [-0.15, -0.1) is 11.3 Å². The maximum atomic E-state index is 13.1. The number of amides is 1. The molecule has 4 rings (SSSR count). The summed E-state index contributed by atoms with van der Waals surface area (Å²) in [4.78, 5) is 24.4. The van der Waals surface area contributed by atoms with E-state index in [0.717, 1.165) is 16.6 Å². The minimum atomic E-state index is -0.199. The summed E-state index contributed by atoms with van der Waals surface area (Å²) >= 11 is 1.73. The van der Waals surface area contributed by atoms with Crippen LogP contribution in [0.1, 0.15) is 40.0 Å². The SMILES string of the molecule is Cc1cc(-c2cc(C(=O)Nc3cccnc3)c3cnn(C(C)C)c3n2)c(C)s1. The first-order valence-corrected chi connectivity index (χ1v) is 9.92. The van der Waals surface area contributed by atoms with Crippen molar-refractivity contribution in [1.29, 1.82) is 0 Å². The molecule has 0 radical (unpaired) electrons. The van der Waals surface area contributed by atoms with E-state index in [0.29, 0.717) is 16.9 Å². The third-order valence-electron chi connectivity index (χ3n) is 4.54. The largest absolute Gasteiger partial charge is 0.321 e. The zero-order valence-electron chi connectivity index (χ0n) is 16.2. The maximum absolute atomic E-state index is 13.1. The predicted octanol–water partition coefficient (Wildman–Crippen LogP) is 5.00. The molecule has 0 unspecified atom stereocenters. The van der Waals surface area contributed by atoms with Gasteiger partial charge in [-0.3, -0.25) is 9.78 Å². The van der Waals surface area contributed by atoms with Crippen LogP contribution in [-0.2, 0) is 0 Å². The standard InChI is InChI=1S/C21H21N5OS/c1-12(2)26-20-18(11-23-26)17(21(27)24-15-6-5-7-22-10-15)9-19(25-20)16-8-13(3)28-14(16)4/h5-12H,1-4H3,(H,24,27). The van der Waals surface area contributed by atoms with E-state index in [2.05, 4.69) is 49.2 Å². The highest BCUT2D eigenvalue weighted by Gasteiger charge is 2.20. The molecule has 0 aliphatic heterocycles. The molecule has 0 bridgehead atoms. The summed E-state index contributed by atoms with van der Waals surface area (Å²) in [5.41, 5.74) is 3.76. The topological polar surface area (TPSA) is 72.7 Å². The van der Waals surface area contributed by atoms with Gasteiger partial charge in [0, 0.05) is 27.6 Å². The van der Waals surface area contributed by atoms with Crippen molar-refractivity contribution in [3.63, 3.8) is 0 Å². The van der Waals surface area contributed by atoms with Crippen molar-refractivity contribution in [2.75, 3.05) is 5.32 Å². The second-order valence-electron chi connectivity index (χ2n) is 7.00. The van der Waals surface area contributed by atoms with E-state index in [9.17, 15) is 4.79 Å². The van der Waals surface area contributed by atoms with Crippen LogP contribution in [-0.4, -0.2) is 25.7 Å². The molecule has 4 aromatic rings. The number of aryl methyl sites for hydroxylation is 2. The van der Waals surface area contributed by atoms with Gasteiger partial charge in [-0.1, -0.05) is 0 Å². The van der Waals surface area contributed by atoms with Gasteiger partial charge in [0.05, 0.1) is 34.7 Å². The van der Waals surface area contributed by atoms with Crippen LogP contribution in [0.25, 0.3) is 22.3 Å². The van der Waals surface area contributed by atoms with Crippen molar-refractivity contribution < 1.29 is 4.79 Å². The Labute approximate surface area is 167 Å². The van der Waals surface area contributed by atoms with Gasteiger partial charge in [-0.25, -0.2) is 9.67 Å². The van der Waals surface area contributed by atoms with Crippen molar-refractivity contribution in [3.8, 4) is 11.3 Å². The number of fused-ring (bicyclic) bond motifs is 1. The smallest absolute Gasteiger partial charge is 0.256 e. The van der Waals surface area contributed by atoms with E-state index in [1.54, 1.807) is 36.0 Å². The zero-order valence-corrected chi connectivity index (χ0v) is 17.0. The lowest BCUT2D eigenvalue weighted by Crippen LogP contribution is -2.13. The molecule has 0 saturated heterocycles. The number of nitrogens with one attached hydrogen (secondary N) is 1. The van der Waals surface area contributed by atoms with E-state index < -0.39 is 0 Å². The molecule has 4 heterocycles. The minimum Gasteiger partial charge on any atom is -0.321 e. The number of pyridine rings is 2. The molecule has 0 aliphatic carbocycles. The number of anilines is 1. The average Bonchev–Trinajstić information content (AvgIpc) is 3.24. The van der Waals surface area contributed by atoms with Crippen molar-refractivity contribution in [2.24, 2.45) is 0 Å². The molecule has 0 spiro atoms. The van der Waals surface area contributed by atoms with E-state index in [4.69, 9.17) is 4.98 Å². The fourth-order valence-corrected chi connectivity index (χ4v) is 4.18. The number of hydrogen-bond acceptors (Lipinski definition) is 5. The summed E-state index contributed by atoms with van der Waals surface area (Å²) in [6.45, 7) is 8.26. The highest BCUT2D eigenvalue weighted by atomic mass is 32.1. The Hall–Kier alpha value is -3.06. The molecule has 1 N–H and O–H groups in total. The number of hydrogen-bond donors (Lipinski definition) is 1. The van der Waals surface area contributed by atoms with E-state index in [1.165, 1.54) is 9.75 Å². The van der Waals surface area contributed by atoms with Gasteiger partial charge >= 0.3 is 0 Å². The highest BCUT2D eigenvalue weighted by molar-refractivity contribution is 7.12. The molecule has 0 fully saturated rings.